The quantitative estimate of drug-likeness (QED) is 0.704. The molecule has 0 fully saturated rings. The average molecular weight is 356 g/mol. The third-order valence-corrected chi connectivity index (χ3v) is 3.33. The van der Waals surface area contributed by atoms with Gasteiger partial charge in [0, 0.05) is 24.0 Å². The van der Waals surface area contributed by atoms with Crippen molar-refractivity contribution in [2.75, 3.05) is 20.2 Å². The van der Waals surface area contributed by atoms with Crippen molar-refractivity contribution in [1.82, 2.24) is 10.6 Å². The maximum Gasteiger partial charge on any atom is 0.220 e. The highest BCUT2D eigenvalue weighted by Gasteiger charge is 2.05. The predicted octanol–water partition coefficient (Wildman–Crippen LogP) is 3.30. The smallest absolute Gasteiger partial charge is 0.220 e. The fourth-order valence-electron chi connectivity index (χ4n) is 1.46. The molecule has 0 saturated carbocycles. The maximum atomic E-state index is 11.5. The zero-order chi connectivity index (χ0) is 15.0. The zero-order valence-electron chi connectivity index (χ0n) is 12.1. The summed E-state index contributed by atoms with van der Waals surface area (Å²) in [6.07, 6.45) is 1.07. The van der Waals surface area contributed by atoms with Crippen molar-refractivity contribution in [1.29, 1.82) is 0 Å². The molecule has 0 aliphatic heterocycles. The number of carbonyl (C=O) groups is 1. The fraction of sp³-hybridized carbons (Fsp3) is 0.500. The van der Waals surface area contributed by atoms with Gasteiger partial charge in [0.05, 0.1) is 11.6 Å². The molecule has 4 nitrogen and oxygen atoms in total. The first-order valence-electron chi connectivity index (χ1n) is 6.54. The van der Waals surface area contributed by atoms with Gasteiger partial charge in [-0.15, -0.1) is 12.4 Å². The maximum absolute atomic E-state index is 11.5. The van der Waals surface area contributed by atoms with E-state index in [9.17, 15) is 4.79 Å². The van der Waals surface area contributed by atoms with Gasteiger partial charge in [-0.05, 0) is 38.6 Å². The number of rotatable bonds is 8. The highest BCUT2D eigenvalue weighted by Crippen LogP contribution is 2.27. The lowest BCUT2D eigenvalue weighted by Crippen LogP contribution is -2.37. The number of amides is 1. The topological polar surface area (TPSA) is 50.4 Å². The Balaban J connectivity index is 0.00000400. The van der Waals surface area contributed by atoms with Crippen LogP contribution in [0.2, 0.25) is 10.0 Å². The molecule has 0 radical (unpaired) electrons. The Hall–Kier alpha value is -0.680. The van der Waals surface area contributed by atoms with Crippen LogP contribution in [0.1, 0.15) is 19.8 Å². The van der Waals surface area contributed by atoms with E-state index >= 15 is 0 Å². The van der Waals surface area contributed by atoms with Crippen LogP contribution in [0.5, 0.6) is 5.75 Å². The van der Waals surface area contributed by atoms with Crippen LogP contribution in [0.15, 0.2) is 18.2 Å². The molecule has 0 spiro atoms. The number of hydrogen-bond donors (Lipinski definition) is 2. The van der Waals surface area contributed by atoms with Crippen LogP contribution in [0, 0.1) is 0 Å². The predicted molar refractivity (Wildman–Crippen MR) is 90.0 cm³/mol. The molecule has 0 aliphatic rings. The molecule has 1 aromatic rings. The number of carbonyl (C=O) groups excluding carboxylic acids is 1. The van der Waals surface area contributed by atoms with E-state index in [0.717, 1.165) is 0 Å². The van der Waals surface area contributed by atoms with Gasteiger partial charge >= 0.3 is 0 Å². The van der Waals surface area contributed by atoms with Crippen LogP contribution < -0.4 is 15.4 Å². The van der Waals surface area contributed by atoms with Crippen LogP contribution in [-0.2, 0) is 4.79 Å². The number of benzene rings is 1. The molecule has 7 heteroatoms. The standard InChI is InChI=1S/C14H20Cl2N2O2.ClH/c1-10(17-2)9-18-14(19)4-3-7-20-13-6-5-11(15)8-12(13)16;/h5-6,8,10,17H,3-4,7,9H2,1-2H3,(H,18,19);1H. The second-order valence-electron chi connectivity index (χ2n) is 4.52. The molecule has 0 saturated heterocycles. The van der Waals surface area contributed by atoms with Gasteiger partial charge < -0.3 is 15.4 Å². The van der Waals surface area contributed by atoms with E-state index in [1.165, 1.54) is 0 Å². The number of halogens is 3. The van der Waals surface area contributed by atoms with E-state index in [2.05, 4.69) is 10.6 Å². The molecule has 0 aliphatic carbocycles. The summed E-state index contributed by atoms with van der Waals surface area (Å²) in [5.74, 6) is 0.609. The second-order valence-corrected chi connectivity index (χ2v) is 5.36. The SMILES string of the molecule is CNC(C)CNC(=O)CCCOc1ccc(Cl)cc1Cl.Cl. The van der Waals surface area contributed by atoms with E-state index in [-0.39, 0.29) is 24.4 Å². The van der Waals surface area contributed by atoms with Crippen molar-refractivity contribution in [3.8, 4) is 5.75 Å². The van der Waals surface area contributed by atoms with Gasteiger partial charge in [-0.25, -0.2) is 0 Å². The lowest BCUT2D eigenvalue weighted by atomic mass is 10.3. The minimum Gasteiger partial charge on any atom is -0.492 e. The van der Waals surface area contributed by atoms with E-state index < -0.39 is 0 Å². The molecule has 120 valence electrons. The number of nitrogens with one attached hydrogen (secondary N) is 2. The summed E-state index contributed by atoms with van der Waals surface area (Å²) in [4.78, 5) is 11.5. The van der Waals surface area contributed by atoms with Crippen LogP contribution in [0.25, 0.3) is 0 Å². The first-order chi connectivity index (χ1) is 9.52. The minimum atomic E-state index is 0. The van der Waals surface area contributed by atoms with Crippen molar-refractivity contribution in [3.05, 3.63) is 28.2 Å². The van der Waals surface area contributed by atoms with Crippen molar-refractivity contribution >= 4 is 41.5 Å². The Bertz CT molecular complexity index is 444. The van der Waals surface area contributed by atoms with Crippen LogP contribution in [-0.4, -0.2) is 32.1 Å². The summed E-state index contributed by atoms with van der Waals surface area (Å²) in [7, 11) is 1.86. The minimum absolute atomic E-state index is 0. The Morgan fingerprint density at radius 3 is 2.71 bits per heavy atom. The van der Waals surface area contributed by atoms with Gasteiger partial charge in [0.15, 0.2) is 0 Å². The van der Waals surface area contributed by atoms with Crippen LogP contribution in [0.3, 0.4) is 0 Å². The van der Waals surface area contributed by atoms with Gasteiger partial charge in [0.1, 0.15) is 5.75 Å². The van der Waals surface area contributed by atoms with Gasteiger partial charge in [0.2, 0.25) is 5.91 Å². The third-order valence-electron chi connectivity index (χ3n) is 2.80. The number of likely N-dealkylation sites (N-methyl/N-ethyl adjacent to an activating group) is 1. The lowest BCUT2D eigenvalue weighted by molar-refractivity contribution is -0.121. The van der Waals surface area contributed by atoms with Crippen LogP contribution in [0.4, 0.5) is 0 Å². The summed E-state index contributed by atoms with van der Waals surface area (Å²) in [6, 6.07) is 5.33. The summed E-state index contributed by atoms with van der Waals surface area (Å²) < 4.78 is 5.51. The average Bonchev–Trinajstić information content (AvgIpc) is 2.42. The summed E-state index contributed by atoms with van der Waals surface area (Å²) in [5.41, 5.74) is 0. The first kappa shape index (κ1) is 20.3. The van der Waals surface area contributed by atoms with Gasteiger partial charge in [-0.3, -0.25) is 4.79 Å². The van der Waals surface area contributed by atoms with Crippen molar-refractivity contribution in [2.45, 2.75) is 25.8 Å². The molecule has 21 heavy (non-hydrogen) atoms. The van der Waals surface area contributed by atoms with Crippen LogP contribution >= 0.6 is 35.6 Å². The third kappa shape index (κ3) is 8.37. The van der Waals surface area contributed by atoms with E-state index in [0.29, 0.717) is 41.8 Å². The normalized spacial score (nSPS) is 11.4. The Morgan fingerprint density at radius 1 is 1.38 bits per heavy atom. The molecule has 0 bridgehead atoms. The Kier molecular flexibility index (Phi) is 10.6. The molecule has 0 heterocycles. The zero-order valence-corrected chi connectivity index (χ0v) is 14.4. The fourth-order valence-corrected chi connectivity index (χ4v) is 1.93. The monoisotopic (exact) mass is 354 g/mol. The summed E-state index contributed by atoms with van der Waals surface area (Å²) in [5, 5.41) is 6.95. The highest BCUT2D eigenvalue weighted by atomic mass is 35.5. The molecule has 1 unspecified atom stereocenters. The van der Waals surface area contributed by atoms with Gasteiger partial charge in [-0.2, -0.15) is 0 Å². The van der Waals surface area contributed by atoms with Gasteiger partial charge in [-0.1, -0.05) is 23.2 Å². The van der Waals surface area contributed by atoms with Crippen molar-refractivity contribution < 1.29 is 9.53 Å². The van der Waals surface area contributed by atoms with Gasteiger partial charge in [0.25, 0.3) is 0 Å². The molecular weight excluding hydrogens is 335 g/mol. The molecule has 0 aromatic heterocycles. The second kappa shape index (κ2) is 11.0. The summed E-state index contributed by atoms with van der Waals surface area (Å²) in [6.45, 7) is 3.07. The first-order valence-corrected chi connectivity index (χ1v) is 7.30. The molecule has 1 aromatic carbocycles. The largest absolute Gasteiger partial charge is 0.492 e. The number of ether oxygens (including phenoxy) is 1. The van der Waals surface area contributed by atoms with Crippen molar-refractivity contribution in [2.24, 2.45) is 0 Å². The molecule has 1 rings (SSSR count). The van der Waals surface area contributed by atoms with E-state index in [4.69, 9.17) is 27.9 Å². The van der Waals surface area contributed by atoms with Crippen molar-refractivity contribution in [3.63, 3.8) is 0 Å². The Morgan fingerprint density at radius 2 is 2.10 bits per heavy atom. The van der Waals surface area contributed by atoms with E-state index in [1.807, 2.05) is 14.0 Å². The summed E-state index contributed by atoms with van der Waals surface area (Å²) >= 11 is 11.8. The number of hydrogen-bond acceptors (Lipinski definition) is 3. The Labute approximate surface area is 141 Å². The van der Waals surface area contributed by atoms with E-state index in [1.54, 1.807) is 18.2 Å². The molecular formula is C14H21Cl3N2O2. The molecule has 2 N–H and O–H groups in total. The lowest BCUT2D eigenvalue weighted by Gasteiger charge is -2.11. The molecule has 1 atom stereocenters. The molecule has 1 amide bonds. The highest BCUT2D eigenvalue weighted by molar-refractivity contribution is 6.35.